The zero-order chi connectivity index (χ0) is 26.0. The molecule has 0 radical (unpaired) electrons. The number of aliphatic imine (C=N–C) groups is 1. The van der Waals surface area contributed by atoms with Gasteiger partial charge in [0.05, 0.1) is 11.5 Å². The lowest BCUT2D eigenvalue weighted by Gasteiger charge is -2.29. The van der Waals surface area contributed by atoms with Crippen molar-refractivity contribution >= 4 is 29.3 Å². The van der Waals surface area contributed by atoms with Gasteiger partial charge in [0.2, 0.25) is 11.8 Å². The Morgan fingerprint density at radius 3 is 2.54 bits per heavy atom. The monoisotopic (exact) mass is 488 g/mol. The van der Waals surface area contributed by atoms with Gasteiger partial charge in [-0.3, -0.25) is 28.7 Å². The summed E-state index contributed by atoms with van der Waals surface area (Å²) in [5, 5.41) is 22.4. The van der Waals surface area contributed by atoms with Gasteiger partial charge in [-0.25, -0.2) is 4.98 Å². The minimum atomic E-state index is -1.02. The van der Waals surface area contributed by atoms with Gasteiger partial charge >= 0.3 is 5.97 Å². The SMILES string of the molecule is CC(=NCCCCNC(=O)CCC(CCC(=O)n1ccnc1)C(=O)O)C1=C(O)CC(C)(C)CC1=O. The Morgan fingerprint density at radius 2 is 1.91 bits per heavy atom. The van der Waals surface area contributed by atoms with Gasteiger partial charge in [0, 0.05) is 56.9 Å². The first-order valence-electron chi connectivity index (χ1n) is 12.0. The van der Waals surface area contributed by atoms with Crippen LogP contribution < -0.4 is 5.32 Å². The maximum Gasteiger partial charge on any atom is 0.306 e. The van der Waals surface area contributed by atoms with Crippen molar-refractivity contribution < 1.29 is 29.4 Å². The maximum atomic E-state index is 12.3. The molecule has 0 saturated carbocycles. The molecule has 1 aliphatic carbocycles. The first-order valence-corrected chi connectivity index (χ1v) is 12.0. The molecule has 10 heteroatoms. The second-order valence-corrected chi connectivity index (χ2v) is 9.76. The predicted molar refractivity (Wildman–Crippen MR) is 130 cm³/mol. The highest BCUT2D eigenvalue weighted by atomic mass is 16.4. The van der Waals surface area contributed by atoms with Crippen LogP contribution >= 0.6 is 0 Å². The topological polar surface area (TPSA) is 151 Å². The number of amides is 1. The summed E-state index contributed by atoms with van der Waals surface area (Å²) in [6.45, 7) is 6.53. The van der Waals surface area contributed by atoms with E-state index >= 15 is 0 Å². The van der Waals surface area contributed by atoms with Crippen molar-refractivity contribution in [1.82, 2.24) is 14.9 Å². The molecule has 1 heterocycles. The molecule has 10 nitrogen and oxygen atoms in total. The Balaban J connectivity index is 1.66. The van der Waals surface area contributed by atoms with Gasteiger partial charge in [-0.1, -0.05) is 13.8 Å². The summed E-state index contributed by atoms with van der Waals surface area (Å²) in [6, 6.07) is 0. The van der Waals surface area contributed by atoms with E-state index in [1.54, 1.807) is 6.92 Å². The molecule has 192 valence electrons. The van der Waals surface area contributed by atoms with Crippen molar-refractivity contribution in [1.29, 1.82) is 0 Å². The summed E-state index contributed by atoms with van der Waals surface area (Å²) in [4.78, 5) is 56.1. The largest absolute Gasteiger partial charge is 0.511 e. The summed E-state index contributed by atoms with van der Waals surface area (Å²) in [6.07, 6.45) is 7.01. The van der Waals surface area contributed by atoms with E-state index in [0.29, 0.717) is 50.1 Å². The zero-order valence-corrected chi connectivity index (χ0v) is 20.7. The number of rotatable bonds is 13. The number of nitrogens with zero attached hydrogens (tertiary/aromatic N) is 3. The zero-order valence-electron chi connectivity index (χ0n) is 20.7. The van der Waals surface area contributed by atoms with Crippen LogP contribution in [0, 0.1) is 11.3 Å². The number of aliphatic hydroxyl groups is 1. The number of allylic oxidation sites excluding steroid dienone is 2. The fourth-order valence-electron chi connectivity index (χ4n) is 4.11. The summed E-state index contributed by atoms with van der Waals surface area (Å²) in [5.74, 6) is -2.25. The number of nitrogens with one attached hydrogen (secondary N) is 1. The highest BCUT2D eigenvalue weighted by Gasteiger charge is 2.33. The molecular weight excluding hydrogens is 452 g/mol. The third kappa shape index (κ3) is 9.11. The van der Waals surface area contributed by atoms with E-state index < -0.39 is 11.9 Å². The van der Waals surface area contributed by atoms with Crippen molar-refractivity contribution in [3.8, 4) is 0 Å². The molecule has 2 rings (SSSR count). The number of imidazole rings is 1. The van der Waals surface area contributed by atoms with Crippen LogP contribution in [0.4, 0.5) is 0 Å². The summed E-state index contributed by atoms with van der Waals surface area (Å²) < 4.78 is 1.31. The number of aliphatic carboxylic acids is 1. The van der Waals surface area contributed by atoms with Crippen molar-refractivity contribution in [2.75, 3.05) is 13.1 Å². The first-order chi connectivity index (χ1) is 16.5. The van der Waals surface area contributed by atoms with Crippen LogP contribution in [0.25, 0.3) is 0 Å². The van der Waals surface area contributed by atoms with Gasteiger partial charge in [0.25, 0.3) is 0 Å². The van der Waals surface area contributed by atoms with Crippen LogP contribution in [0.5, 0.6) is 0 Å². The number of unbranched alkanes of at least 4 members (excludes halogenated alkanes) is 1. The van der Waals surface area contributed by atoms with E-state index in [1.165, 1.54) is 23.3 Å². The fourth-order valence-corrected chi connectivity index (χ4v) is 4.11. The number of carboxylic acid groups (broad SMARTS) is 1. The molecule has 1 amide bonds. The Kier molecular flexibility index (Phi) is 10.4. The van der Waals surface area contributed by atoms with Crippen molar-refractivity contribution in [2.45, 2.75) is 72.1 Å². The molecule has 0 bridgehead atoms. The molecule has 35 heavy (non-hydrogen) atoms. The Hall–Kier alpha value is -3.30. The first kappa shape index (κ1) is 27.9. The lowest BCUT2D eigenvalue weighted by atomic mass is 9.76. The van der Waals surface area contributed by atoms with E-state index in [2.05, 4.69) is 15.3 Å². The third-order valence-electron chi connectivity index (χ3n) is 6.04. The minimum absolute atomic E-state index is 0.0624. The number of carboxylic acids is 1. The van der Waals surface area contributed by atoms with Crippen LogP contribution in [0.15, 0.2) is 35.0 Å². The minimum Gasteiger partial charge on any atom is -0.511 e. The van der Waals surface area contributed by atoms with Gasteiger partial charge in [-0.15, -0.1) is 0 Å². The fraction of sp³-hybridized carbons (Fsp3) is 0.600. The second-order valence-electron chi connectivity index (χ2n) is 9.76. The number of Topliss-reactive ketones (excluding diaryl/α,β-unsaturated/α-hetero) is 1. The molecule has 1 unspecified atom stereocenters. The normalized spacial score (nSPS) is 16.8. The quantitative estimate of drug-likeness (QED) is 0.284. The van der Waals surface area contributed by atoms with Crippen LogP contribution in [-0.2, 0) is 14.4 Å². The van der Waals surface area contributed by atoms with Crippen molar-refractivity contribution in [3.05, 3.63) is 30.1 Å². The number of aliphatic hydroxyl groups excluding tert-OH is 1. The number of aromatic nitrogens is 2. The van der Waals surface area contributed by atoms with Crippen molar-refractivity contribution in [3.63, 3.8) is 0 Å². The van der Waals surface area contributed by atoms with Crippen molar-refractivity contribution in [2.24, 2.45) is 16.3 Å². The van der Waals surface area contributed by atoms with E-state index in [0.717, 1.165) is 0 Å². The van der Waals surface area contributed by atoms with E-state index in [4.69, 9.17) is 0 Å². The van der Waals surface area contributed by atoms with Crippen LogP contribution in [-0.4, -0.2) is 62.1 Å². The molecule has 0 saturated heterocycles. The van der Waals surface area contributed by atoms with E-state index in [1.807, 2.05) is 13.8 Å². The summed E-state index contributed by atoms with van der Waals surface area (Å²) >= 11 is 0. The Morgan fingerprint density at radius 1 is 1.20 bits per heavy atom. The van der Waals surface area contributed by atoms with Gasteiger partial charge in [-0.05, 0) is 38.0 Å². The van der Waals surface area contributed by atoms with Gasteiger partial charge in [-0.2, -0.15) is 0 Å². The number of hydrogen-bond acceptors (Lipinski definition) is 7. The number of ketones is 1. The standard InChI is InChI=1S/C25H36N4O6/c1-17(23-19(30)14-25(2,3)15-20(23)31)27-10-4-5-11-28-21(32)8-6-18(24(34)35)7-9-22(33)29-13-12-26-16-29/h12-13,16,18,30H,4-11,14-15H2,1-3H3,(H,28,32)(H,34,35). The average molecular weight is 489 g/mol. The molecule has 1 aromatic rings. The number of hydrogen-bond donors (Lipinski definition) is 3. The molecule has 1 aliphatic rings. The molecular formula is C25H36N4O6. The third-order valence-corrected chi connectivity index (χ3v) is 6.04. The van der Waals surface area contributed by atoms with Crippen LogP contribution in [0.1, 0.15) is 76.9 Å². The molecule has 0 aromatic carbocycles. The van der Waals surface area contributed by atoms with Crippen LogP contribution in [0.3, 0.4) is 0 Å². The smallest absolute Gasteiger partial charge is 0.306 e. The predicted octanol–water partition coefficient (Wildman–Crippen LogP) is 3.34. The molecule has 3 N–H and O–H groups in total. The maximum absolute atomic E-state index is 12.3. The number of carbonyl (C=O) groups excluding carboxylic acids is 3. The van der Waals surface area contributed by atoms with Gasteiger partial charge in [0.1, 0.15) is 12.1 Å². The average Bonchev–Trinajstić information content (AvgIpc) is 3.29. The van der Waals surface area contributed by atoms with E-state index in [9.17, 15) is 29.4 Å². The molecule has 1 atom stereocenters. The second kappa shape index (κ2) is 13.0. The Bertz CT molecular complexity index is 978. The summed E-state index contributed by atoms with van der Waals surface area (Å²) in [5.41, 5.74) is 0.626. The number of carbonyl (C=O) groups is 4. The molecule has 0 aliphatic heterocycles. The van der Waals surface area contributed by atoms with E-state index in [-0.39, 0.29) is 54.5 Å². The highest BCUT2D eigenvalue weighted by Crippen LogP contribution is 2.36. The van der Waals surface area contributed by atoms with Gasteiger partial charge in [0.15, 0.2) is 5.78 Å². The highest BCUT2D eigenvalue weighted by molar-refractivity contribution is 6.22. The lowest BCUT2D eigenvalue weighted by Crippen LogP contribution is -2.28. The lowest BCUT2D eigenvalue weighted by molar-refractivity contribution is -0.142. The molecule has 0 spiro atoms. The van der Waals surface area contributed by atoms with Crippen LogP contribution in [0.2, 0.25) is 0 Å². The molecule has 0 fully saturated rings. The molecule has 1 aromatic heterocycles. The van der Waals surface area contributed by atoms with Gasteiger partial charge < -0.3 is 15.5 Å². The summed E-state index contributed by atoms with van der Waals surface area (Å²) in [7, 11) is 0. The Labute approximate surface area is 205 Å².